The molecule has 0 heterocycles. The van der Waals surface area contributed by atoms with Crippen LogP contribution in [0.25, 0.3) is 0 Å². The van der Waals surface area contributed by atoms with Gasteiger partial charge in [-0.1, -0.05) is 0 Å². The zero-order chi connectivity index (χ0) is 14.4. The van der Waals surface area contributed by atoms with Gasteiger partial charge in [-0.05, 0) is 25.8 Å². The van der Waals surface area contributed by atoms with Gasteiger partial charge in [0.05, 0.1) is 10.5 Å². The number of hydrogen-bond acceptors (Lipinski definition) is 4. The Kier molecular flexibility index (Phi) is 5.37. The predicted molar refractivity (Wildman–Crippen MR) is 66.3 cm³/mol. The van der Waals surface area contributed by atoms with E-state index in [1.807, 2.05) is 0 Å². The van der Waals surface area contributed by atoms with E-state index in [9.17, 15) is 19.3 Å². The van der Waals surface area contributed by atoms with Crippen LogP contribution in [0, 0.1) is 15.9 Å². The van der Waals surface area contributed by atoms with Gasteiger partial charge in [0.1, 0.15) is 5.82 Å². The number of aliphatic hydroxyl groups excluding tert-OH is 1. The zero-order valence-electron chi connectivity index (χ0n) is 10.4. The first kappa shape index (κ1) is 15.0. The van der Waals surface area contributed by atoms with E-state index in [-0.39, 0.29) is 23.9 Å². The molecule has 1 aromatic rings. The van der Waals surface area contributed by atoms with Gasteiger partial charge in [0.2, 0.25) is 0 Å². The van der Waals surface area contributed by atoms with Gasteiger partial charge in [-0.15, -0.1) is 0 Å². The summed E-state index contributed by atoms with van der Waals surface area (Å²) in [5, 5.41) is 21.8. The molecule has 0 aliphatic carbocycles. The molecule has 0 aliphatic heterocycles. The lowest BCUT2D eigenvalue weighted by Gasteiger charge is -2.13. The molecule has 0 spiro atoms. The average Bonchev–Trinajstić information content (AvgIpc) is 2.36. The molecule has 1 aromatic carbocycles. The highest BCUT2D eigenvalue weighted by Gasteiger charge is 2.18. The van der Waals surface area contributed by atoms with Crippen molar-refractivity contribution in [2.24, 2.45) is 0 Å². The Morgan fingerprint density at radius 1 is 1.58 bits per heavy atom. The lowest BCUT2D eigenvalue weighted by molar-refractivity contribution is -0.384. The van der Waals surface area contributed by atoms with Crippen LogP contribution in [-0.2, 0) is 0 Å². The number of carbonyl (C=O) groups excluding carboxylic acids is 1. The second-order valence-corrected chi connectivity index (χ2v) is 4.16. The molecule has 1 amide bonds. The average molecular weight is 270 g/mol. The molecular weight excluding hydrogens is 255 g/mol. The molecule has 6 nitrogen and oxygen atoms in total. The number of amides is 1. The number of hydrogen-bond donors (Lipinski definition) is 2. The number of nitrogens with zero attached hydrogens (tertiary/aromatic N) is 1. The van der Waals surface area contributed by atoms with E-state index in [1.54, 1.807) is 6.92 Å². The molecule has 19 heavy (non-hydrogen) atoms. The minimum Gasteiger partial charge on any atom is -0.396 e. The number of nitro groups is 1. The molecule has 7 heteroatoms. The number of carbonyl (C=O) groups is 1. The molecule has 104 valence electrons. The van der Waals surface area contributed by atoms with E-state index >= 15 is 0 Å². The van der Waals surface area contributed by atoms with Gasteiger partial charge in [-0.3, -0.25) is 14.9 Å². The first-order chi connectivity index (χ1) is 8.95. The Morgan fingerprint density at radius 3 is 2.84 bits per heavy atom. The van der Waals surface area contributed by atoms with Gasteiger partial charge in [0.25, 0.3) is 11.6 Å². The first-order valence-corrected chi connectivity index (χ1v) is 5.81. The fraction of sp³-hybridized carbons (Fsp3) is 0.417. The van der Waals surface area contributed by atoms with Crippen LogP contribution in [0.1, 0.15) is 30.1 Å². The van der Waals surface area contributed by atoms with Gasteiger partial charge in [-0.25, -0.2) is 4.39 Å². The Bertz CT molecular complexity index is 479. The zero-order valence-corrected chi connectivity index (χ0v) is 10.4. The number of nitrogens with one attached hydrogen (secondary N) is 1. The summed E-state index contributed by atoms with van der Waals surface area (Å²) in [6.07, 6.45) is 1.05. The largest absolute Gasteiger partial charge is 0.396 e. The monoisotopic (exact) mass is 270 g/mol. The van der Waals surface area contributed by atoms with Gasteiger partial charge in [-0.2, -0.15) is 0 Å². The minimum atomic E-state index is -0.808. The van der Waals surface area contributed by atoms with Crippen LogP contribution in [0.3, 0.4) is 0 Å². The van der Waals surface area contributed by atoms with Crippen molar-refractivity contribution in [3.05, 3.63) is 39.7 Å². The molecule has 1 unspecified atom stereocenters. The third-order valence-corrected chi connectivity index (χ3v) is 2.58. The van der Waals surface area contributed by atoms with Gasteiger partial charge >= 0.3 is 0 Å². The van der Waals surface area contributed by atoms with Crippen molar-refractivity contribution in [1.82, 2.24) is 5.32 Å². The summed E-state index contributed by atoms with van der Waals surface area (Å²) in [5.74, 6) is -1.51. The van der Waals surface area contributed by atoms with Gasteiger partial charge in [0.15, 0.2) is 0 Å². The Hall–Kier alpha value is -2.02. The molecule has 0 aliphatic rings. The maximum absolute atomic E-state index is 13.5. The number of benzene rings is 1. The summed E-state index contributed by atoms with van der Waals surface area (Å²) in [5.41, 5.74) is -0.695. The summed E-state index contributed by atoms with van der Waals surface area (Å²) in [4.78, 5) is 21.7. The van der Waals surface area contributed by atoms with Crippen LogP contribution in [0.5, 0.6) is 0 Å². The van der Waals surface area contributed by atoms with E-state index < -0.39 is 16.6 Å². The normalized spacial score (nSPS) is 11.9. The van der Waals surface area contributed by atoms with Crippen LogP contribution < -0.4 is 5.32 Å². The topological polar surface area (TPSA) is 92.5 Å². The number of halogens is 1. The van der Waals surface area contributed by atoms with Crippen molar-refractivity contribution in [3.8, 4) is 0 Å². The minimum absolute atomic E-state index is 0.00534. The molecule has 1 rings (SSSR count). The van der Waals surface area contributed by atoms with E-state index in [4.69, 9.17) is 5.11 Å². The van der Waals surface area contributed by atoms with Crippen molar-refractivity contribution >= 4 is 11.6 Å². The third kappa shape index (κ3) is 4.29. The maximum Gasteiger partial charge on any atom is 0.270 e. The van der Waals surface area contributed by atoms with Crippen LogP contribution in [0.2, 0.25) is 0 Å². The summed E-state index contributed by atoms with van der Waals surface area (Å²) >= 11 is 0. The summed E-state index contributed by atoms with van der Waals surface area (Å²) < 4.78 is 13.5. The van der Waals surface area contributed by atoms with Crippen molar-refractivity contribution in [3.63, 3.8) is 0 Å². The molecule has 0 saturated heterocycles. The summed E-state index contributed by atoms with van der Waals surface area (Å²) in [7, 11) is 0. The number of nitro benzene ring substituents is 1. The van der Waals surface area contributed by atoms with E-state index in [1.165, 1.54) is 0 Å². The predicted octanol–water partition coefficient (Wildman–Crippen LogP) is 1.62. The number of rotatable bonds is 6. The maximum atomic E-state index is 13.5. The molecule has 0 fully saturated rings. The first-order valence-electron chi connectivity index (χ1n) is 5.81. The summed E-state index contributed by atoms with van der Waals surface area (Å²) in [6, 6.07) is 2.55. The van der Waals surface area contributed by atoms with Crippen LogP contribution in [-0.4, -0.2) is 28.6 Å². The molecular formula is C12H15FN2O4. The van der Waals surface area contributed by atoms with Gasteiger partial charge < -0.3 is 10.4 Å². The van der Waals surface area contributed by atoms with E-state index in [0.29, 0.717) is 12.8 Å². The third-order valence-electron chi connectivity index (χ3n) is 2.58. The lowest BCUT2D eigenvalue weighted by Crippen LogP contribution is -2.33. The van der Waals surface area contributed by atoms with Crippen molar-refractivity contribution < 1.29 is 19.2 Å². The molecule has 0 aromatic heterocycles. The lowest BCUT2D eigenvalue weighted by atomic mass is 10.1. The molecule has 0 saturated carbocycles. The van der Waals surface area contributed by atoms with Crippen LogP contribution in [0.4, 0.5) is 10.1 Å². The fourth-order valence-corrected chi connectivity index (χ4v) is 1.57. The summed E-state index contributed by atoms with van der Waals surface area (Å²) in [6.45, 7) is 1.72. The SMILES string of the molecule is CC(CCCO)NC(=O)c1cc([N+](=O)[O-])ccc1F. The smallest absolute Gasteiger partial charge is 0.270 e. The highest BCUT2D eigenvalue weighted by Crippen LogP contribution is 2.17. The van der Waals surface area contributed by atoms with Crippen LogP contribution >= 0.6 is 0 Å². The molecule has 2 N–H and O–H groups in total. The Morgan fingerprint density at radius 2 is 2.26 bits per heavy atom. The second-order valence-electron chi connectivity index (χ2n) is 4.16. The quantitative estimate of drug-likeness (QED) is 0.607. The fourth-order valence-electron chi connectivity index (χ4n) is 1.57. The Labute approximate surface area is 109 Å². The number of non-ortho nitro benzene ring substituents is 1. The Balaban J connectivity index is 2.81. The van der Waals surface area contributed by atoms with E-state index in [0.717, 1.165) is 18.2 Å². The van der Waals surface area contributed by atoms with Gasteiger partial charge in [0, 0.05) is 24.8 Å². The van der Waals surface area contributed by atoms with Crippen molar-refractivity contribution in [2.75, 3.05) is 6.61 Å². The van der Waals surface area contributed by atoms with E-state index in [2.05, 4.69) is 5.32 Å². The van der Waals surface area contributed by atoms with Crippen molar-refractivity contribution in [1.29, 1.82) is 0 Å². The second kappa shape index (κ2) is 6.79. The highest BCUT2D eigenvalue weighted by molar-refractivity contribution is 5.95. The number of aliphatic hydroxyl groups is 1. The standard InChI is InChI=1S/C12H15FN2O4/c1-8(3-2-6-16)14-12(17)10-7-9(15(18)19)4-5-11(10)13/h4-5,7-8,16H,2-3,6H2,1H3,(H,14,17). The highest BCUT2D eigenvalue weighted by atomic mass is 19.1. The molecule has 1 atom stereocenters. The molecule has 0 radical (unpaired) electrons. The van der Waals surface area contributed by atoms with Crippen LogP contribution in [0.15, 0.2) is 18.2 Å². The van der Waals surface area contributed by atoms with Crippen molar-refractivity contribution in [2.45, 2.75) is 25.8 Å². The molecule has 0 bridgehead atoms.